The Morgan fingerprint density at radius 1 is 1.25 bits per heavy atom. The van der Waals surface area contributed by atoms with E-state index in [0.717, 1.165) is 0 Å². The molecule has 0 bridgehead atoms. The van der Waals surface area contributed by atoms with Gasteiger partial charge in [0, 0.05) is 43.9 Å². The standard InChI is InChI=1S/C18H19ClN2O3/c1-12-10-20-11-14(17(12)22)18(23)21-8-6-13(7-9-21)24-16-5-3-2-4-15(16)19/h2-5,10-11,13H,6-9H2,1H3,(H,20,22). The van der Waals surface area contributed by atoms with Crippen LogP contribution in [0, 0.1) is 6.92 Å². The third-order valence-electron chi connectivity index (χ3n) is 4.22. The van der Waals surface area contributed by atoms with Crippen LogP contribution in [0.2, 0.25) is 5.02 Å². The van der Waals surface area contributed by atoms with E-state index < -0.39 is 0 Å². The van der Waals surface area contributed by atoms with Crippen molar-refractivity contribution >= 4 is 17.5 Å². The van der Waals surface area contributed by atoms with Crippen LogP contribution in [-0.4, -0.2) is 35.0 Å². The quantitative estimate of drug-likeness (QED) is 0.929. The maximum Gasteiger partial charge on any atom is 0.259 e. The molecule has 126 valence electrons. The molecule has 0 aliphatic carbocycles. The second-order valence-electron chi connectivity index (χ2n) is 5.92. The summed E-state index contributed by atoms with van der Waals surface area (Å²) in [5, 5.41) is 0.585. The first kappa shape index (κ1) is 16.6. The third kappa shape index (κ3) is 3.46. The molecule has 2 heterocycles. The molecule has 1 N–H and O–H groups in total. The summed E-state index contributed by atoms with van der Waals surface area (Å²) in [4.78, 5) is 29.2. The van der Waals surface area contributed by atoms with E-state index in [1.165, 1.54) is 6.20 Å². The molecule has 1 aliphatic heterocycles. The van der Waals surface area contributed by atoms with E-state index in [0.29, 0.717) is 42.3 Å². The summed E-state index contributed by atoms with van der Waals surface area (Å²) in [5.41, 5.74) is 0.520. The van der Waals surface area contributed by atoms with E-state index in [1.54, 1.807) is 24.1 Å². The van der Waals surface area contributed by atoms with Crippen molar-refractivity contribution in [2.24, 2.45) is 0 Å². The molecule has 2 aromatic rings. The summed E-state index contributed by atoms with van der Waals surface area (Å²) in [5.74, 6) is 0.440. The van der Waals surface area contributed by atoms with Crippen LogP contribution in [0.5, 0.6) is 5.75 Å². The number of nitrogens with zero attached hydrogens (tertiary/aromatic N) is 1. The molecule has 1 aliphatic rings. The average molecular weight is 347 g/mol. The number of likely N-dealkylation sites (tertiary alicyclic amines) is 1. The number of H-pyrrole nitrogens is 1. The van der Waals surface area contributed by atoms with Gasteiger partial charge in [-0.3, -0.25) is 9.59 Å². The Morgan fingerprint density at radius 3 is 2.67 bits per heavy atom. The summed E-state index contributed by atoms with van der Waals surface area (Å²) in [7, 11) is 0. The predicted molar refractivity (Wildman–Crippen MR) is 92.8 cm³/mol. The summed E-state index contributed by atoms with van der Waals surface area (Å²) in [6, 6.07) is 7.37. The molecule has 1 amide bonds. The number of para-hydroxylation sites is 1. The average Bonchev–Trinajstić information content (AvgIpc) is 2.59. The number of rotatable bonds is 3. The first-order valence-electron chi connectivity index (χ1n) is 7.94. The van der Waals surface area contributed by atoms with E-state index in [1.807, 2.05) is 18.2 Å². The molecule has 1 aromatic heterocycles. The van der Waals surface area contributed by atoms with Crippen molar-refractivity contribution in [1.29, 1.82) is 0 Å². The second-order valence-corrected chi connectivity index (χ2v) is 6.33. The Kier molecular flexibility index (Phi) is 4.90. The number of amides is 1. The number of aryl methyl sites for hydroxylation is 1. The molecule has 3 rings (SSSR count). The lowest BCUT2D eigenvalue weighted by Crippen LogP contribution is -2.43. The smallest absolute Gasteiger partial charge is 0.259 e. The molecule has 24 heavy (non-hydrogen) atoms. The summed E-state index contributed by atoms with van der Waals surface area (Å²) in [6.07, 6.45) is 4.51. The molecule has 0 spiro atoms. The second kappa shape index (κ2) is 7.09. The van der Waals surface area contributed by atoms with Gasteiger partial charge in [0.2, 0.25) is 0 Å². The van der Waals surface area contributed by atoms with Gasteiger partial charge in [-0.05, 0) is 19.1 Å². The van der Waals surface area contributed by atoms with Gasteiger partial charge in [-0.25, -0.2) is 0 Å². The van der Waals surface area contributed by atoms with E-state index in [-0.39, 0.29) is 23.0 Å². The third-order valence-corrected chi connectivity index (χ3v) is 4.53. The van der Waals surface area contributed by atoms with Crippen LogP contribution in [-0.2, 0) is 0 Å². The van der Waals surface area contributed by atoms with Crippen molar-refractivity contribution in [3.05, 3.63) is 63.0 Å². The fourth-order valence-electron chi connectivity index (χ4n) is 2.82. The number of hydrogen-bond acceptors (Lipinski definition) is 3. The number of pyridine rings is 1. The maximum absolute atomic E-state index is 12.5. The van der Waals surface area contributed by atoms with Crippen LogP contribution in [0.15, 0.2) is 41.5 Å². The van der Waals surface area contributed by atoms with Crippen molar-refractivity contribution in [1.82, 2.24) is 9.88 Å². The van der Waals surface area contributed by atoms with Crippen LogP contribution in [0.25, 0.3) is 0 Å². The van der Waals surface area contributed by atoms with Gasteiger partial charge in [-0.1, -0.05) is 23.7 Å². The van der Waals surface area contributed by atoms with E-state index in [2.05, 4.69) is 4.98 Å². The minimum Gasteiger partial charge on any atom is -0.489 e. The molecular formula is C18H19ClN2O3. The van der Waals surface area contributed by atoms with Crippen LogP contribution in [0.4, 0.5) is 0 Å². The highest BCUT2D eigenvalue weighted by Gasteiger charge is 2.26. The van der Waals surface area contributed by atoms with Crippen molar-refractivity contribution in [3.63, 3.8) is 0 Å². The number of halogens is 1. The molecule has 5 nitrogen and oxygen atoms in total. The number of piperidine rings is 1. The molecule has 1 saturated heterocycles. The van der Waals surface area contributed by atoms with Gasteiger partial charge < -0.3 is 14.6 Å². The number of aromatic amines is 1. The first-order chi connectivity index (χ1) is 11.6. The van der Waals surface area contributed by atoms with Gasteiger partial charge in [0.15, 0.2) is 5.43 Å². The molecule has 6 heteroatoms. The SMILES string of the molecule is Cc1c[nH]cc(C(=O)N2CCC(Oc3ccccc3Cl)CC2)c1=O. The Morgan fingerprint density at radius 2 is 1.96 bits per heavy atom. The number of ether oxygens (including phenoxy) is 1. The highest BCUT2D eigenvalue weighted by atomic mass is 35.5. The van der Waals surface area contributed by atoms with E-state index >= 15 is 0 Å². The zero-order valence-electron chi connectivity index (χ0n) is 13.4. The predicted octanol–water partition coefficient (Wildman–Crippen LogP) is 3.02. The fourth-order valence-corrected chi connectivity index (χ4v) is 3.00. The fraction of sp³-hybridized carbons (Fsp3) is 0.333. The number of benzene rings is 1. The Hall–Kier alpha value is -2.27. The maximum atomic E-state index is 12.5. The molecular weight excluding hydrogens is 328 g/mol. The molecule has 1 fully saturated rings. The topological polar surface area (TPSA) is 62.4 Å². The summed E-state index contributed by atoms with van der Waals surface area (Å²) < 4.78 is 5.92. The normalized spacial score (nSPS) is 15.3. The Labute approximate surface area is 145 Å². The molecule has 1 aromatic carbocycles. The lowest BCUT2D eigenvalue weighted by Gasteiger charge is -2.32. The Bertz CT molecular complexity index is 795. The molecule has 0 unspecified atom stereocenters. The first-order valence-corrected chi connectivity index (χ1v) is 8.32. The van der Waals surface area contributed by atoms with Gasteiger partial charge in [0.05, 0.1) is 5.02 Å². The van der Waals surface area contributed by atoms with Crippen LogP contribution in [0.3, 0.4) is 0 Å². The van der Waals surface area contributed by atoms with Crippen LogP contribution < -0.4 is 10.2 Å². The number of aromatic nitrogens is 1. The summed E-state index contributed by atoms with van der Waals surface area (Å²) >= 11 is 6.11. The van der Waals surface area contributed by atoms with E-state index in [9.17, 15) is 9.59 Å². The largest absolute Gasteiger partial charge is 0.489 e. The van der Waals surface area contributed by atoms with Crippen molar-refractivity contribution in [2.45, 2.75) is 25.9 Å². The molecule has 0 atom stereocenters. The highest BCUT2D eigenvalue weighted by molar-refractivity contribution is 6.32. The number of carbonyl (C=O) groups is 1. The van der Waals surface area contributed by atoms with E-state index in [4.69, 9.17) is 16.3 Å². The van der Waals surface area contributed by atoms with Crippen molar-refractivity contribution < 1.29 is 9.53 Å². The van der Waals surface area contributed by atoms with Gasteiger partial charge in [-0.15, -0.1) is 0 Å². The number of carbonyl (C=O) groups excluding carboxylic acids is 1. The molecule has 0 saturated carbocycles. The van der Waals surface area contributed by atoms with Gasteiger partial charge in [-0.2, -0.15) is 0 Å². The minimum absolute atomic E-state index is 0.0183. The lowest BCUT2D eigenvalue weighted by molar-refractivity contribution is 0.0594. The van der Waals surface area contributed by atoms with Crippen molar-refractivity contribution in [2.75, 3.05) is 13.1 Å². The van der Waals surface area contributed by atoms with Crippen LogP contribution >= 0.6 is 11.6 Å². The van der Waals surface area contributed by atoms with Crippen molar-refractivity contribution in [3.8, 4) is 5.75 Å². The van der Waals surface area contributed by atoms with Gasteiger partial charge in [0.25, 0.3) is 5.91 Å². The van der Waals surface area contributed by atoms with Gasteiger partial charge in [0.1, 0.15) is 17.4 Å². The highest BCUT2D eigenvalue weighted by Crippen LogP contribution is 2.26. The summed E-state index contributed by atoms with van der Waals surface area (Å²) in [6.45, 7) is 2.81. The lowest BCUT2D eigenvalue weighted by atomic mass is 10.1. The zero-order valence-corrected chi connectivity index (χ0v) is 14.2. The number of hydrogen-bond donors (Lipinski definition) is 1. The van der Waals surface area contributed by atoms with Gasteiger partial charge >= 0.3 is 0 Å². The monoisotopic (exact) mass is 346 g/mol. The zero-order chi connectivity index (χ0) is 17.1. The Balaban J connectivity index is 1.63. The molecule has 0 radical (unpaired) electrons. The number of nitrogens with one attached hydrogen (secondary N) is 1. The van der Waals surface area contributed by atoms with Crippen LogP contribution in [0.1, 0.15) is 28.8 Å². The minimum atomic E-state index is -0.226.